The van der Waals surface area contributed by atoms with Gasteiger partial charge in [0.05, 0.1) is 5.92 Å². The number of rotatable bonds is 3. The molecule has 1 aromatic rings. The van der Waals surface area contributed by atoms with Gasteiger partial charge < -0.3 is 11.1 Å². The van der Waals surface area contributed by atoms with E-state index in [4.69, 9.17) is 5.73 Å². The molecule has 0 aliphatic heterocycles. The Hall–Kier alpha value is -1.13. The highest BCUT2D eigenvalue weighted by molar-refractivity contribution is 5.92. The molecule has 0 saturated carbocycles. The fraction of sp³-hybridized carbons (Fsp3) is 0.417. The van der Waals surface area contributed by atoms with E-state index < -0.39 is 0 Å². The van der Waals surface area contributed by atoms with Crippen LogP contribution in [0.1, 0.15) is 19.4 Å². The minimum atomic E-state index is -0.358. The third-order valence-electron chi connectivity index (χ3n) is 2.51. The number of anilines is 1. The second-order valence-electron chi connectivity index (χ2n) is 4.15. The van der Waals surface area contributed by atoms with E-state index in [2.05, 4.69) is 5.32 Å². The van der Waals surface area contributed by atoms with Crippen LogP contribution < -0.4 is 11.1 Å². The van der Waals surface area contributed by atoms with Gasteiger partial charge in [0, 0.05) is 11.7 Å². The van der Waals surface area contributed by atoms with Crippen LogP contribution in [0.2, 0.25) is 0 Å². The molecule has 0 aliphatic carbocycles. The number of carbonyl (C=O) groups excluding carboxylic acids is 1. The van der Waals surface area contributed by atoms with Crippen molar-refractivity contribution in [2.24, 2.45) is 11.7 Å². The quantitative estimate of drug-likeness (QED) is 0.877. The molecule has 1 rings (SSSR count). The fourth-order valence-electron chi connectivity index (χ4n) is 1.30. The Balaban J connectivity index is 0.00000256. The van der Waals surface area contributed by atoms with Crippen LogP contribution >= 0.6 is 12.4 Å². The summed E-state index contributed by atoms with van der Waals surface area (Å²) in [5, 5.41) is 2.65. The number of nitrogens with two attached hydrogens (primary N) is 1. The van der Waals surface area contributed by atoms with E-state index >= 15 is 0 Å². The van der Waals surface area contributed by atoms with Crippen LogP contribution in [0.3, 0.4) is 0 Å². The molecule has 0 aromatic heterocycles. The number of hydrogen-bond acceptors (Lipinski definition) is 2. The van der Waals surface area contributed by atoms with Gasteiger partial charge >= 0.3 is 0 Å². The maximum Gasteiger partial charge on any atom is 0.228 e. The van der Waals surface area contributed by atoms with E-state index in [-0.39, 0.29) is 36.1 Å². The lowest BCUT2D eigenvalue weighted by atomic mass is 10.0. The highest BCUT2D eigenvalue weighted by atomic mass is 35.5. The summed E-state index contributed by atoms with van der Waals surface area (Å²) in [6.45, 7) is 5.28. The van der Waals surface area contributed by atoms with Gasteiger partial charge in [0.15, 0.2) is 0 Å². The van der Waals surface area contributed by atoms with Crippen molar-refractivity contribution >= 4 is 24.0 Å². The van der Waals surface area contributed by atoms with Gasteiger partial charge in [-0.05, 0) is 37.6 Å². The number of nitrogens with one attached hydrogen (secondary N) is 1. The highest BCUT2D eigenvalue weighted by Crippen LogP contribution is 2.14. The molecule has 0 aliphatic rings. The van der Waals surface area contributed by atoms with E-state index in [1.165, 1.54) is 12.1 Å². The van der Waals surface area contributed by atoms with Crippen molar-refractivity contribution in [1.82, 2.24) is 0 Å². The highest BCUT2D eigenvalue weighted by Gasteiger charge is 2.17. The van der Waals surface area contributed by atoms with E-state index in [0.717, 1.165) is 5.56 Å². The van der Waals surface area contributed by atoms with Crippen LogP contribution in [0, 0.1) is 18.7 Å². The third-order valence-corrected chi connectivity index (χ3v) is 2.51. The molecule has 1 amide bonds. The fourth-order valence-corrected chi connectivity index (χ4v) is 1.30. The maximum absolute atomic E-state index is 13.1. The molecule has 2 atom stereocenters. The first kappa shape index (κ1) is 15.9. The van der Waals surface area contributed by atoms with Gasteiger partial charge in [0.2, 0.25) is 5.91 Å². The lowest BCUT2D eigenvalue weighted by Crippen LogP contribution is -2.34. The second kappa shape index (κ2) is 6.57. The number of hydrogen-bond donors (Lipinski definition) is 2. The van der Waals surface area contributed by atoms with Gasteiger partial charge in [-0.1, -0.05) is 6.92 Å². The number of aryl methyl sites for hydroxylation is 1. The summed E-state index contributed by atoms with van der Waals surface area (Å²) in [6, 6.07) is 4.19. The van der Waals surface area contributed by atoms with Crippen molar-refractivity contribution in [2.75, 3.05) is 5.32 Å². The van der Waals surface area contributed by atoms with Crippen LogP contribution in [-0.2, 0) is 4.79 Å². The Morgan fingerprint density at radius 3 is 2.41 bits per heavy atom. The van der Waals surface area contributed by atoms with Crippen molar-refractivity contribution in [2.45, 2.75) is 26.8 Å². The van der Waals surface area contributed by atoms with E-state index in [1.807, 2.05) is 0 Å². The number of carbonyl (C=O) groups is 1. The first-order valence-electron chi connectivity index (χ1n) is 5.24. The van der Waals surface area contributed by atoms with Gasteiger partial charge in [-0.2, -0.15) is 0 Å². The van der Waals surface area contributed by atoms with Crippen molar-refractivity contribution in [3.63, 3.8) is 0 Å². The largest absolute Gasteiger partial charge is 0.327 e. The molecule has 0 spiro atoms. The molecule has 3 nitrogen and oxygen atoms in total. The molecule has 0 fully saturated rings. The molecule has 1 aromatic carbocycles. The molecule has 0 saturated heterocycles. The summed E-state index contributed by atoms with van der Waals surface area (Å²) in [7, 11) is 0. The van der Waals surface area contributed by atoms with Crippen LogP contribution in [0.4, 0.5) is 10.1 Å². The Morgan fingerprint density at radius 1 is 1.35 bits per heavy atom. The summed E-state index contributed by atoms with van der Waals surface area (Å²) >= 11 is 0. The van der Waals surface area contributed by atoms with Crippen molar-refractivity contribution in [1.29, 1.82) is 0 Å². The van der Waals surface area contributed by atoms with Crippen LogP contribution in [0.25, 0.3) is 0 Å². The SMILES string of the molecule is Cc1cc(F)cc(NC(=O)C(C)C(C)N)c1.Cl. The monoisotopic (exact) mass is 260 g/mol. The third kappa shape index (κ3) is 4.71. The van der Waals surface area contributed by atoms with Gasteiger partial charge in [0.25, 0.3) is 0 Å². The lowest BCUT2D eigenvalue weighted by molar-refractivity contribution is -0.119. The van der Waals surface area contributed by atoms with Gasteiger partial charge in [0.1, 0.15) is 5.82 Å². The van der Waals surface area contributed by atoms with Crippen LogP contribution in [0.5, 0.6) is 0 Å². The first-order chi connectivity index (χ1) is 7.40. The molecule has 17 heavy (non-hydrogen) atoms. The minimum absolute atomic E-state index is 0. The molecule has 0 bridgehead atoms. The standard InChI is InChI=1S/C12H17FN2O.ClH/c1-7-4-10(13)6-11(5-7)15-12(16)8(2)9(3)14;/h4-6,8-9H,14H2,1-3H3,(H,15,16);1H. The Morgan fingerprint density at radius 2 is 1.94 bits per heavy atom. The Kier molecular flexibility index (Phi) is 6.13. The average Bonchev–Trinajstić information content (AvgIpc) is 2.14. The summed E-state index contributed by atoms with van der Waals surface area (Å²) in [5.74, 6) is -0.854. The van der Waals surface area contributed by atoms with Crippen LogP contribution in [0.15, 0.2) is 18.2 Å². The Bertz CT molecular complexity index is 376. The van der Waals surface area contributed by atoms with E-state index in [0.29, 0.717) is 5.69 Å². The maximum atomic E-state index is 13.1. The zero-order chi connectivity index (χ0) is 12.3. The summed E-state index contributed by atoms with van der Waals surface area (Å²) < 4.78 is 13.1. The summed E-state index contributed by atoms with van der Waals surface area (Å²) in [5.41, 5.74) is 6.85. The molecule has 3 N–H and O–H groups in total. The predicted molar refractivity (Wildman–Crippen MR) is 69.8 cm³/mol. The van der Waals surface area contributed by atoms with Crippen molar-refractivity contribution in [3.8, 4) is 0 Å². The molecule has 96 valence electrons. The zero-order valence-electron chi connectivity index (χ0n) is 10.2. The molecule has 0 heterocycles. The minimum Gasteiger partial charge on any atom is -0.327 e. The van der Waals surface area contributed by atoms with Gasteiger partial charge in [-0.25, -0.2) is 4.39 Å². The molecular weight excluding hydrogens is 243 g/mol. The lowest BCUT2D eigenvalue weighted by Gasteiger charge is -2.15. The normalized spacial score (nSPS) is 13.5. The van der Waals surface area contributed by atoms with E-state index in [1.54, 1.807) is 26.8 Å². The van der Waals surface area contributed by atoms with Crippen molar-refractivity contribution in [3.05, 3.63) is 29.6 Å². The Labute approximate surface area is 107 Å². The van der Waals surface area contributed by atoms with Crippen molar-refractivity contribution < 1.29 is 9.18 Å². The average molecular weight is 261 g/mol. The second-order valence-corrected chi connectivity index (χ2v) is 4.15. The number of halogens is 2. The zero-order valence-corrected chi connectivity index (χ0v) is 11.0. The van der Waals surface area contributed by atoms with Crippen LogP contribution in [-0.4, -0.2) is 11.9 Å². The topological polar surface area (TPSA) is 55.1 Å². The molecule has 2 unspecified atom stereocenters. The number of benzene rings is 1. The van der Waals surface area contributed by atoms with E-state index in [9.17, 15) is 9.18 Å². The molecular formula is C12H18ClFN2O. The smallest absolute Gasteiger partial charge is 0.228 e. The van der Waals surface area contributed by atoms with Gasteiger partial charge in [-0.15, -0.1) is 12.4 Å². The molecule has 0 radical (unpaired) electrons. The summed E-state index contributed by atoms with van der Waals surface area (Å²) in [4.78, 5) is 11.7. The predicted octanol–water partition coefficient (Wildman–Crippen LogP) is 2.48. The first-order valence-corrected chi connectivity index (χ1v) is 5.24. The number of amides is 1. The summed E-state index contributed by atoms with van der Waals surface area (Å²) in [6.07, 6.45) is 0. The van der Waals surface area contributed by atoms with Gasteiger partial charge in [-0.3, -0.25) is 4.79 Å². The molecule has 5 heteroatoms.